The molecule has 0 aromatic heterocycles. The van der Waals surface area contributed by atoms with Gasteiger partial charge in [-0.1, -0.05) is 24.3 Å². The Bertz CT molecular complexity index is 994. The molecule has 2 aliphatic rings. The zero-order valence-corrected chi connectivity index (χ0v) is 15.6. The van der Waals surface area contributed by atoms with Gasteiger partial charge in [0.15, 0.2) is 0 Å². The molecule has 1 saturated carbocycles. The lowest BCUT2D eigenvalue weighted by Crippen LogP contribution is -2.64. The maximum atomic E-state index is 13.7. The summed E-state index contributed by atoms with van der Waals surface area (Å²) in [6, 6.07) is 12.3. The summed E-state index contributed by atoms with van der Waals surface area (Å²) in [5.74, 6) is -2.86. The van der Waals surface area contributed by atoms with E-state index in [9.17, 15) is 23.9 Å². The number of amides is 1. The van der Waals surface area contributed by atoms with Crippen LogP contribution < -0.4 is 10.6 Å². The third kappa shape index (κ3) is 2.93. The van der Waals surface area contributed by atoms with Gasteiger partial charge in [-0.25, -0.2) is 4.39 Å². The molecule has 0 spiro atoms. The van der Waals surface area contributed by atoms with Gasteiger partial charge in [-0.05, 0) is 48.6 Å². The average Bonchev–Trinajstić information content (AvgIpc) is 2.68. The zero-order chi connectivity index (χ0) is 20.8. The van der Waals surface area contributed by atoms with Gasteiger partial charge in [0, 0.05) is 29.6 Å². The molecular weight excluding hydrogens is 375 g/mol. The van der Waals surface area contributed by atoms with E-state index in [2.05, 4.69) is 0 Å². The van der Waals surface area contributed by atoms with Crippen LogP contribution in [0.2, 0.25) is 0 Å². The second-order valence-corrected chi connectivity index (χ2v) is 7.75. The molecule has 2 aromatic carbocycles. The Balaban J connectivity index is 1.84. The van der Waals surface area contributed by atoms with Crippen LogP contribution in [0, 0.1) is 11.7 Å². The monoisotopic (exact) mass is 396 g/mol. The van der Waals surface area contributed by atoms with Crippen LogP contribution in [0.5, 0.6) is 0 Å². The minimum Gasteiger partial charge on any atom is -0.480 e. The molecule has 1 aliphatic heterocycles. The number of carbonyl (C=O) groups excluding carboxylic acids is 2. The van der Waals surface area contributed by atoms with Crippen LogP contribution in [0.25, 0.3) is 0 Å². The zero-order valence-electron chi connectivity index (χ0n) is 15.6. The van der Waals surface area contributed by atoms with Crippen LogP contribution in [0.1, 0.15) is 41.1 Å². The first-order valence-electron chi connectivity index (χ1n) is 9.52. The first-order chi connectivity index (χ1) is 13.9. The van der Waals surface area contributed by atoms with Crippen LogP contribution in [0.4, 0.5) is 10.1 Å². The van der Waals surface area contributed by atoms with Crippen LogP contribution in [0.15, 0.2) is 48.5 Å². The van der Waals surface area contributed by atoms with E-state index in [0.717, 1.165) is 0 Å². The molecular formula is C22H21FN2O4. The summed E-state index contributed by atoms with van der Waals surface area (Å²) in [6.45, 7) is 0. The highest BCUT2D eigenvalue weighted by atomic mass is 19.1. The van der Waals surface area contributed by atoms with Crippen molar-refractivity contribution in [1.82, 2.24) is 0 Å². The number of hydrogen-bond donors (Lipinski definition) is 2. The number of nitrogens with two attached hydrogens (primary N) is 1. The van der Waals surface area contributed by atoms with Crippen molar-refractivity contribution in [3.63, 3.8) is 0 Å². The molecule has 2 aromatic rings. The van der Waals surface area contributed by atoms with Gasteiger partial charge in [0.2, 0.25) is 0 Å². The molecule has 1 amide bonds. The molecule has 0 bridgehead atoms. The van der Waals surface area contributed by atoms with E-state index in [-0.39, 0.29) is 29.9 Å². The normalized spacial score (nSPS) is 24.5. The average molecular weight is 396 g/mol. The molecule has 1 fully saturated rings. The number of benzene rings is 2. The Morgan fingerprint density at radius 1 is 1.21 bits per heavy atom. The van der Waals surface area contributed by atoms with Crippen LogP contribution in [0.3, 0.4) is 0 Å². The van der Waals surface area contributed by atoms with Gasteiger partial charge in [0.25, 0.3) is 5.91 Å². The van der Waals surface area contributed by atoms with Gasteiger partial charge in [0.1, 0.15) is 17.6 Å². The third-order valence-corrected chi connectivity index (χ3v) is 6.25. The lowest BCUT2D eigenvalue weighted by atomic mass is 9.58. The van der Waals surface area contributed by atoms with Crippen molar-refractivity contribution in [3.05, 3.63) is 65.5 Å². The van der Waals surface area contributed by atoms with Gasteiger partial charge >= 0.3 is 5.97 Å². The lowest BCUT2D eigenvalue weighted by Gasteiger charge is -2.55. The highest BCUT2D eigenvalue weighted by Crippen LogP contribution is 2.54. The molecule has 6 nitrogen and oxygen atoms in total. The molecule has 4 atom stereocenters. The maximum absolute atomic E-state index is 13.7. The van der Waals surface area contributed by atoms with Crippen molar-refractivity contribution in [3.8, 4) is 0 Å². The number of halogens is 1. The summed E-state index contributed by atoms with van der Waals surface area (Å²) in [4.78, 5) is 38.2. The SMILES string of the molecule is NC(CC=O)(C(=O)O)C1c2ccccc2N(C(=O)c2cccc(F)c2)C2CCC21. The summed E-state index contributed by atoms with van der Waals surface area (Å²) in [5.41, 5.74) is 5.97. The van der Waals surface area contributed by atoms with E-state index in [1.807, 2.05) is 0 Å². The van der Waals surface area contributed by atoms with Gasteiger partial charge in [0.05, 0.1) is 0 Å². The number of aliphatic carboxylic acids is 1. The Kier molecular flexibility index (Phi) is 4.70. The van der Waals surface area contributed by atoms with E-state index in [1.165, 1.54) is 18.2 Å². The standard InChI is InChI=1S/C22H21FN2O4/c23-14-5-3-4-13(12-14)20(27)25-17-7-2-1-6-15(17)19(16-8-9-18(16)25)22(24,10-11-26)21(28)29/h1-7,11-12,16,18-19H,8-10,24H2,(H,28,29). The molecule has 1 heterocycles. The van der Waals surface area contributed by atoms with Crippen LogP contribution >= 0.6 is 0 Å². The van der Waals surface area contributed by atoms with Crippen molar-refractivity contribution in [2.45, 2.75) is 36.8 Å². The highest BCUT2D eigenvalue weighted by molar-refractivity contribution is 6.07. The van der Waals surface area contributed by atoms with Gasteiger partial charge in [-0.15, -0.1) is 0 Å². The predicted octanol–water partition coefficient (Wildman–Crippen LogP) is 2.72. The quantitative estimate of drug-likeness (QED) is 0.757. The molecule has 0 saturated heterocycles. The Morgan fingerprint density at radius 3 is 2.59 bits per heavy atom. The topological polar surface area (TPSA) is 101 Å². The first kappa shape index (κ1) is 19.3. The van der Waals surface area contributed by atoms with Gasteiger partial charge in [-0.3, -0.25) is 9.59 Å². The second-order valence-electron chi connectivity index (χ2n) is 7.75. The summed E-state index contributed by atoms with van der Waals surface area (Å²) in [6.07, 6.45) is 1.60. The molecule has 4 rings (SSSR count). The van der Waals surface area contributed by atoms with E-state index in [0.29, 0.717) is 30.4 Å². The van der Waals surface area contributed by atoms with Crippen LogP contribution in [-0.2, 0) is 9.59 Å². The Hall–Kier alpha value is -3.06. The van der Waals surface area contributed by atoms with Crippen LogP contribution in [-0.4, -0.2) is 34.8 Å². The Labute approximate surface area is 167 Å². The summed E-state index contributed by atoms with van der Waals surface area (Å²) in [7, 11) is 0. The van der Waals surface area contributed by atoms with Crippen molar-refractivity contribution >= 4 is 23.9 Å². The fourth-order valence-electron chi connectivity index (χ4n) is 4.76. The number of hydrogen-bond acceptors (Lipinski definition) is 4. The molecule has 0 radical (unpaired) electrons. The second kappa shape index (κ2) is 7.08. The van der Waals surface area contributed by atoms with E-state index in [1.54, 1.807) is 35.2 Å². The maximum Gasteiger partial charge on any atom is 0.324 e. The first-order valence-corrected chi connectivity index (χ1v) is 9.52. The van der Waals surface area contributed by atoms with Crippen molar-refractivity contribution in [2.75, 3.05) is 4.90 Å². The lowest BCUT2D eigenvalue weighted by molar-refractivity contribution is -0.147. The Morgan fingerprint density at radius 2 is 1.97 bits per heavy atom. The third-order valence-electron chi connectivity index (χ3n) is 6.25. The van der Waals surface area contributed by atoms with Gasteiger partial charge in [-0.2, -0.15) is 0 Å². The summed E-state index contributed by atoms with van der Waals surface area (Å²) < 4.78 is 13.7. The highest BCUT2D eigenvalue weighted by Gasteiger charge is 2.57. The number of carboxylic acid groups (broad SMARTS) is 1. The summed E-state index contributed by atoms with van der Waals surface area (Å²) >= 11 is 0. The smallest absolute Gasteiger partial charge is 0.324 e. The molecule has 29 heavy (non-hydrogen) atoms. The van der Waals surface area contributed by atoms with Crippen molar-refractivity contribution in [1.29, 1.82) is 0 Å². The number of aldehydes is 1. The molecule has 1 aliphatic carbocycles. The number of carbonyl (C=O) groups is 3. The number of nitrogens with zero attached hydrogens (tertiary/aromatic N) is 1. The minimum atomic E-state index is -1.75. The molecule has 7 heteroatoms. The number of rotatable bonds is 5. The number of fused-ring (bicyclic) bond motifs is 2. The van der Waals surface area contributed by atoms with Crippen molar-refractivity contribution in [2.24, 2.45) is 11.7 Å². The van der Waals surface area contributed by atoms with Gasteiger partial charge < -0.3 is 20.5 Å². The number of anilines is 1. The fourth-order valence-corrected chi connectivity index (χ4v) is 4.76. The van der Waals surface area contributed by atoms with E-state index < -0.39 is 23.2 Å². The fraction of sp³-hybridized carbons (Fsp3) is 0.318. The van der Waals surface area contributed by atoms with E-state index in [4.69, 9.17) is 5.73 Å². The molecule has 150 valence electrons. The summed E-state index contributed by atoms with van der Waals surface area (Å²) in [5, 5.41) is 9.85. The number of carboxylic acids is 1. The van der Waals surface area contributed by atoms with E-state index >= 15 is 0 Å². The van der Waals surface area contributed by atoms with Crippen molar-refractivity contribution < 1.29 is 23.9 Å². The largest absolute Gasteiger partial charge is 0.480 e. The minimum absolute atomic E-state index is 0.191. The molecule has 3 N–H and O–H groups in total. The predicted molar refractivity (Wildman–Crippen MR) is 104 cm³/mol. The number of para-hydroxylation sites is 1. The molecule has 4 unspecified atom stereocenters.